The summed E-state index contributed by atoms with van der Waals surface area (Å²) in [5.41, 5.74) is 0. The fourth-order valence-corrected chi connectivity index (χ4v) is 0.873. The van der Waals surface area contributed by atoms with Crippen molar-refractivity contribution in [3.8, 4) is 0 Å². The molecule has 0 saturated heterocycles. The quantitative estimate of drug-likeness (QED) is 0.810. The molecule has 0 aromatic carbocycles. The Morgan fingerprint density at radius 2 is 2.27 bits per heavy atom. The van der Waals surface area contributed by atoms with E-state index < -0.39 is 24.7 Å². The Kier molecular flexibility index (Phi) is 3.28. The molecular formula is C7H9F3N4O. The fourth-order valence-electron chi connectivity index (χ4n) is 0.873. The Morgan fingerprint density at radius 3 is 2.73 bits per heavy atom. The zero-order valence-corrected chi connectivity index (χ0v) is 7.82. The lowest BCUT2D eigenvalue weighted by Crippen LogP contribution is -2.37. The lowest BCUT2D eigenvalue weighted by atomic mass is 10.3. The Morgan fingerprint density at radius 1 is 1.60 bits per heavy atom. The maximum atomic E-state index is 11.8. The van der Waals surface area contributed by atoms with E-state index in [0.717, 1.165) is 0 Å². The van der Waals surface area contributed by atoms with Crippen molar-refractivity contribution in [3.05, 3.63) is 12.7 Å². The zero-order valence-electron chi connectivity index (χ0n) is 7.82. The number of carbonyl (C=O) groups is 1. The minimum absolute atomic E-state index is 0.752. The number of nitrogens with one attached hydrogen (secondary N) is 1. The van der Waals surface area contributed by atoms with Gasteiger partial charge in [-0.15, -0.1) is 0 Å². The van der Waals surface area contributed by atoms with Crippen molar-refractivity contribution in [3.63, 3.8) is 0 Å². The zero-order chi connectivity index (χ0) is 11.5. The second-order valence-corrected chi connectivity index (χ2v) is 2.88. The molecule has 1 rings (SSSR count). The third-order valence-corrected chi connectivity index (χ3v) is 1.68. The summed E-state index contributed by atoms with van der Waals surface area (Å²) in [6.45, 7) is 0.0885. The number of aromatic nitrogens is 3. The van der Waals surface area contributed by atoms with Crippen molar-refractivity contribution in [1.82, 2.24) is 20.1 Å². The third-order valence-electron chi connectivity index (χ3n) is 1.68. The van der Waals surface area contributed by atoms with Crippen LogP contribution >= 0.6 is 0 Å². The first-order valence-corrected chi connectivity index (χ1v) is 4.09. The first kappa shape index (κ1) is 11.5. The molecule has 15 heavy (non-hydrogen) atoms. The van der Waals surface area contributed by atoms with Gasteiger partial charge >= 0.3 is 6.18 Å². The summed E-state index contributed by atoms with van der Waals surface area (Å²) in [6.07, 6.45) is -1.94. The maximum Gasteiger partial charge on any atom is 0.405 e. The molecule has 1 heterocycles. The minimum Gasteiger partial charge on any atom is -0.345 e. The molecule has 0 unspecified atom stereocenters. The van der Waals surface area contributed by atoms with Crippen molar-refractivity contribution in [2.75, 3.05) is 6.54 Å². The molecule has 0 saturated carbocycles. The van der Waals surface area contributed by atoms with E-state index >= 15 is 0 Å². The second kappa shape index (κ2) is 4.28. The van der Waals surface area contributed by atoms with Crippen LogP contribution in [-0.4, -0.2) is 33.4 Å². The molecule has 1 atom stereocenters. The van der Waals surface area contributed by atoms with Crippen molar-refractivity contribution < 1.29 is 18.0 Å². The fraction of sp³-hybridized carbons (Fsp3) is 0.571. The van der Waals surface area contributed by atoms with E-state index in [2.05, 4.69) is 10.1 Å². The largest absolute Gasteiger partial charge is 0.405 e. The lowest BCUT2D eigenvalue weighted by molar-refractivity contribution is -0.140. The van der Waals surface area contributed by atoms with Crippen LogP contribution in [0.15, 0.2) is 12.7 Å². The number of rotatable bonds is 3. The predicted octanol–water partition coefficient (Wildman–Crippen LogP) is 0.518. The van der Waals surface area contributed by atoms with Gasteiger partial charge in [0, 0.05) is 0 Å². The molecule has 1 aromatic rings. The SMILES string of the molecule is C[C@@H](C(=O)NCC(F)(F)F)n1cncn1. The highest BCUT2D eigenvalue weighted by Crippen LogP contribution is 2.13. The smallest absolute Gasteiger partial charge is 0.345 e. The van der Waals surface area contributed by atoms with Gasteiger partial charge < -0.3 is 5.32 Å². The number of hydrogen-bond donors (Lipinski definition) is 1. The van der Waals surface area contributed by atoms with Gasteiger partial charge in [0.05, 0.1) is 0 Å². The summed E-state index contributed by atoms with van der Waals surface area (Å²) in [5, 5.41) is 5.40. The van der Waals surface area contributed by atoms with Crippen LogP contribution in [0.1, 0.15) is 13.0 Å². The van der Waals surface area contributed by atoms with Gasteiger partial charge in [-0.3, -0.25) is 4.79 Å². The molecule has 1 aromatic heterocycles. The van der Waals surface area contributed by atoms with Crippen LogP contribution < -0.4 is 5.32 Å². The number of alkyl halides is 3. The van der Waals surface area contributed by atoms with Crippen LogP contribution in [-0.2, 0) is 4.79 Å². The van der Waals surface area contributed by atoms with Gasteiger partial charge in [0.1, 0.15) is 25.2 Å². The van der Waals surface area contributed by atoms with Crippen LogP contribution in [0.4, 0.5) is 13.2 Å². The highest BCUT2D eigenvalue weighted by molar-refractivity contribution is 5.79. The van der Waals surface area contributed by atoms with E-state index in [4.69, 9.17) is 0 Å². The molecule has 1 N–H and O–H groups in total. The highest BCUT2D eigenvalue weighted by atomic mass is 19.4. The number of nitrogens with zero attached hydrogens (tertiary/aromatic N) is 3. The standard InChI is InChI=1S/C7H9F3N4O/c1-5(14-4-11-3-13-14)6(15)12-2-7(8,9)10/h3-5H,2H2,1H3,(H,12,15)/t5-/m0/s1. The van der Waals surface area contributed by atoms with E-state index in [9.17, 15) is 18.0 Å². The molecular weight excluding hydrogens is 213 g/mol. The molecule has 0 bridgehead atoms. The molecule has 5 nitrogen and oxygen atoms in total. The first-order chi connectivity index (χ1) is 6.90. The summed E-state index contributed by atoms with van der Waals surface area (Å²) < 4.78 is 36.5. The summed E-state index contributed by atoms with van der Waals surface area (Å²) in [5.74, 6) is -0.752. The van der Waals surface area contributed by atoms with E-state index in [0.29, 0.717) is 0 Å². The van der Waals surface area contributed by atoms with E-state index in [1.807, 2.05) is 0 Å². The number of hydrogen-bond acceptors (Lipinski definition) is 3. The van der Waals surface area contributed by atoms with Crippen LogP contribution in [0.3, 0.4) is 0 Å². The average Bonchev–Trinajstić information content (AvgIpc) is 2.64. The van der Waals surface area contributed by atoms with E-state index in [1.165, 1.54) is 24.3 Å². The number of halogens is 3. The van der Waals surface area contributed by atoms with Crippen molar-refractivity contribution in [2.24, 2.45) is 0 Å². The average molecular weight is 222 g/mol. The Hall–Kier alpha value is -1.60. The molecule has 0 aliphatic carbocycles. The van der Waals surface area contributed by atoms with Crippen LogP contribution in [0.2, 0.25) is 0 Å². The highest BCUT2D eigenvalue weighted by Gasteiger charge is 2.29. The molecule has 0 spiro atoms. The summed E-state index contributed by atoms with van der Waals surface area (Å²) >= 11 is 0. The van der Waals surface area contributed by atoms with Crippen molar-refractivity contribution >= 4 is 5.91 Å². The maximum absolute atomic E-state index is 11.8. The van der Waals surface area contributed by atoms with Gasteiger partial charge in [0.25, 0.3) is 0 Å². The van der Waals surface area contributed by atoms with Gasteiger partial charge in [-0.05, 0) is 6.92 Å². The Labute approximate surface area is 83.3 Å². The predicted molar refractivity (Wildman–Crippen MR) is 43.8 cm³/mol. The molecule has 0 fully saturated rings. The molecule has 0 aliphatic heterocycles. The second-order valence-electron chi connectivity index (χ2n) is 2.88. The van der Waals surface area contributed by atoms with Crippen molar-refractivity contribution in [2.45, 2.75) is 19.1 Å². The Balaban J connectivity index is 2.48. The van der Waals surface area contributed by atoms with Crippen LogP contribution in [0, 0.1) is 0 Å². The summed E-state index contributed by atoms with van der Waals surface area (Å²) in [7, 11) is 0. The summed E-state index contributed by atoms with van der Waals surface area (Å²) in [6, 6.07) is -0.810. The van der Waals surface area contributed by atoms with Gasteiger partial charge in [-0.1, -0.05) is 0 Å². The van der Waals surface area contributed by atoms with Gasteiger partial charge in [0.2, 0.25) is 5.91 Å². The lowest BCUT2D eigenvalue weighted by Gasteiger charge is -2.13. The summed E-state index contributed by atoms with van der Waals surface area (Å²) in [4.78, 5) is 14.8. The third kappa shape index (κ3) is 3.56. The minimum atomic E-state index is -4.41. The number of carbonyl (C=O) groups excluding carboxylic acids is 1. The number of amides is 1. The molecule has 84 valence electrons. The first-order valence-electron chi connectivity index (χ1n) is 4.09. The molecule has 1 amide bonds. The molecule has 0 aliphatic rings. The van der Waals surface area contributed by atoms with Crippen molar-refractivity contribution in [1.29, 1.82) is 0 Å². The van der Waals surface area contributed by atoms with Crippen LogP contribution in [0.25, 0.3) is 0 Å². The van der Waals surface area contributed by atoms with Gasteiger partial charge in [0.15, 0.2) is 0 Å². The molecule has 0 radical (unpaired) electrons. The molecule has 8 heteroatoms. The Bertz CT molecular complexity index is 321. The van der Waals surface area contributed by atoms with Gasteiger partial charge in [-0.25, -0.2) is 9.67 Å². The normalized spacial score (nSPS) is 13.6. The van der Waals surface area contributed by atoms with Gasteiger partial charge in [-0.2, -0.15) is 18.3 Å². The topological polar surface area (TPSA) is 59.8 Å². The van der Waals surface area contributed by atoms with E-state index in [1.54, 1.807) is 5.32 Å². The van der Waals surface area contributed by atoms with E-state index in [-0.39, 0.29) is 0 Å². The van der Waals surface area contributed by atoms with Crippen LogP contribution in [0.5, 0.6) is 0 Å². The monoisotopic (exact) mass is 222 g/mol.